The maximum Gasteiger partial charge on any atom is 0.205 e. The number of hydrogen-bond donors (Lipinski definition) is 1. The molecule has 0 bridgehead atoms. The predicted octanol–water partition coefficient (Wildman–Crippen LogP) is 2.92. The first-order valence-corrected chi connectivity index (χ1v) is 6.63. The number of anilines is 1. The first-order valence-electron chi connectivity index (χ1n) is 5.81. The Morgan fingerprint density at radius 2 is 2.06 bits per heavy atom. The van der Waals surface area contributed by atoms with E-state index in [0.29, 0.717) is 12.5 Å². The van der Waals surface area contributed by atoms with Gasteiger partial charge in [0.05, 0.1) is 6.10 Å². The molecule has 92 valence electrons. The largest absolute Gasteiger partial charge is 0.371 e. The number of nitrogens with one attached hydrogen (secondary N) is 1. The van der Waals surface area contributed by atoms with E-state index >= 15 is 0 Å². The van der Waals surface area contributed by atoms with E-state index < -0.39 is 0 Å². The molecule has 0 aliphatic carbocycles. The van der Waals surface area contributed by atoms with Gasteiger partial charge >= 0.3 is 0 Å². The molecule has 0 amide bonds. The van der Waals surface area contributed by atoms with Crippen LogP contribution in [0.25, 0.3) is 0 Å². The van der Waals surface area contributed by atoms with Crippen molar-refractivity contribution in [3.05, 3.63) is 5.01 Å². The number of ether oxygens (including phenoxy) is 1. The summed E-state index contributed by atoms with van der Waals surface area (Å²) in [5.74, 6) is 0.533. The quantitative estimate of drug-likeness (QED) is 0.800. The van der Waals surface area contributed by atoms with Gasteiger partial charge in [0.15, 0.2) is 0 Å². The Balaban J connectivity index is 2.34. The molecule has 1 aromatic heterocycles. The van der Waals surface area contributed by atoms with Gasteiger partial charge in [-0.25, -0.2) is 0 Å². The van der Waals surface area contributed by atoms with Crippen LogP contribution in [0.4, 0.5) is 5.13 Å². The lowest BCUT2D eigenvalue weighted by molar-refractivity contribution is 0.0232. The van der Waals surface area contributed by atoms with Gasteiger partial charge < -0.3 is 10.1 Å². The second-order valence-corrected chi connectivity index (χ2v) is 5.25. The molecule has 0 saturated heterocycles. The molecule has 0 aromatic carbocycles. The predicted molar refractivity (Wildman–Crippen MR) is 67.8 cm³/mol. The summed E-state index contributed by atoms with van der Waals surface area (Å²) in [6.07, 6.45) is 1.35. The molecule has 0 aliphatic rings. The van der Waals surface area contributed by atoms with E-state index in [4.69, 9.17) is 4.74 Å². The van der Waals surface area contributed by atoms with Crippen LogP contribution in [0.3, 0.4) is 0 Å². The number of aromatic nitrogens is 2. The van der Waals surface area contributed by atoms with E-state index in [0.717, 1.165) is 23.1 Å². The first-order chi connectivity index (χ1) is 7.63. The average Bonchev–Trinajstić information content (AvgIpc) is 2.70. The summed E-state index contributed by atoms with van der Waals surface area (Å²) in [4.78, 5) is 0. The molecule has 1 unspecified atom stereocenters. The number of hydrogen-bond acceptors (Lipinski definition) is 5. The molecule has 16 heavy (non-hydrogen) atoms. The fourth-order valence-electron chi connectivity index (χ4n) is 1.01. The normalized spacial score (nSPS) is 13.1. The summed E-state index contributed by atoms with van der Waals surface area (Å²) >= 11 is 1.57. The lowest BCUT2D eigenvalue weighted by Gasteiger charge is -2.14. The molecule has 0 fully saturated rings. The summed E-state index contributed by atoms with van der Waals surface area (Å²) in [5, 5.41) is 13.2. The zero-order valence-corrected chi connectivity index (χ0v) is 11.3. The summed E-state index contributed by atoms with van der Waals surface area (Å²) in [7, 11) is 0. The molecule has 0 spiro atoms. The van der Waals surface area contributed by atoms with Crippen molar-refractivity contribution in [2.45, 2.75) is 46.8 Å². The molecule has 0 radical (unpaired) electrons. The van der Waals surface area contributed by atoms with Crippen LogP contribution in [-0.4, -0.2) is 22.8 Å². The van der Waals surface area contributed by atoms with E-state index in [2.05, 4.69) is 43.2 Å². The van der Waals surface area contributed by atoms with Gasteiger partial charge in [0.2, 0.25) is 5.13 Å². The van der Waals surface area contributed by atoms with Crippen LogP contribution >= 0.6 is 11.3 Å². The van der Waals surface area contributed by atoms with Gasteiger partial charge in [0.25, 0.3) is 0 Å². The van der Waals surface area contributed by atoms with Crippen LogP contribution < -0.4 is 5.32 Å². The van der Waals surface area contributed by atoms with Crippen molar-refractivity contribution >= 4 is 16.5 Å². The third kappa shape index (κ3) is 4.45. The maximum atomic E-state index is 5.69. The zero-order chi connectivity index (χ0) is 12.0. The van der Waals surface area contributed by atoms with E-state index in [-0.39, 0.29) is 6.10 Å². The molecule has 0 saturated carbocycles. The lowest BCUT2D eigenvalue weighted by atomic mass is 10.1. The van der Waals surface area contributed by atoms with Crippen LogP contribution in [0, 0.1) is 5.92 Å². The van der Waals surface area contributed by atoms with Gasteiger partial charge in [-0.05, 0) is 19.3 Å². The van der Waals surface area contributed by atoms with E-state index in [1.165, 1.54) is 0 Å². The third-order valence-corrected chi connectivity index (χ3v) is 3.26. The first kappa shape index (κ1) is 13.4. The van der Waals surface area contributed by atoms with Crippen LogP contribution in [0.5, 0.6) is 0 Å². The Morgan fingerprint density at radius 3 is 2.69 bits per heavy atom. The van der Waals surface area contributed by atoms with Gasteiger partial charge in [-0.1, -0.05) is 32.1 Å². The number of nitrogens with zero attached hydrogens (tertiary/aromatic N) is 2. The average molecular weight is 243 g/mol. The zero-order valence-electron chi connectivity index (χ0n) is 10.5. The van der Waals surface area contributed by atoms with Crippen molar-refractivity contribution in [2.24, 2.45) is 5.92 Å². The molecular weight excluding hydrogens is 222 g/mol. The second kappa shape index (κ2) is 6.81. The van der Waals surface area contributed by atoms with E-state index in [9.17, 15) is 0 Å². The third-order valence-electron chi connectivity index (χ3n) is 2.40. The van der Waals surface area contributed by atoms with Crippen molar-refractivity contribution in [1.82, 2.24) is 10.2 Å². The fourth-order valence-corrected chi connectivity index (χ4v) is 1.70. The smallest absolute Gasteiger partial charge is 0.205 e. The van der Waals surface area contributed by atoms with Crippen LogP contribution in [0.15, 0.2) is 0 Å². The molecule has 1 heterocycles. The standard InChI is InChI=1S/C11H21N3OS/c1-5-6-12-11-14-13-10(16-11)7-15-9(4)8(2)3/h8-9H,5-7H2,1-4H3,(H,12,14). The lowest BCUT2D eigenvalue weighted by Crippen LogP contribution is -2.14. The highest BCUT2D eigenvalue weighted by Crippen LogP contribution is 2.17. The minimum absolute atomic E-state index is 0.260. The summed E-state index contributed by atoms with van der Waals surface area (Å²) < 4.78 is 5.69. The van der Waals surface area contributed by atoms with Gasteiger partial charge in [-0.2, -0.15) is 0 Å². The highest BCUT2D eigenvalue weighted by molar-refractivity contribution is 7.15. The summed E-state index contributed by atoms with van der Waals surface area (Å²) in [5.41, 5.74) is 0. The van der Waals surface area contributed by atoms with Gasteiger partial charge in [-0.15, -0.1) is 10.2 Å². The molecule has 1 N–H and O–H groups in total. The summed E-state index contributed by atoms with van der Waals surface area (Å²) in [6, 6.07) is 0. The Labute approximate surface area is 101 Å². The number of rotatable bonds is 7. The molecule has 5 heteroatoms. The highest BCUT2D eigenvalue weighted by atomic mass is 32.1. The van der Waals surface area contributed by atoms with E-state index in [1.54, 1.807) is 11.3 Å². The van der Waals surface area contributed by atoms with Gasteiger partial charge in [-0.3, -0.25) is 0 Å². The SMILES string of the molecule is CCCNc1nnc(COC(C)C(C)C)s1. The van der Waals surface area contributed by atoms with Crippen LogP contribution in [0.1, 0.15) is 39.1 Å². The second-order valence-electron chi connectivity index (χ2n) is 4.19. The topological polar surface area (TPSA) is 47.0 Å². The Bertz CT molecular complexity index is 301. The van der Waals surface area contributed by atoms with Crippen LogP contribution in [-0.2, 0) is 11.3 Å². The molecule has 4 nitrogen and oxygen atoms in total. The molecular formula is C11H21N3OS. The van der Waals surface area contributed by atoms with Crippen molar-refractivity contribution in [2.75, 3.05) is 11.9 Å². The van der Waals surface area contributed by atoms with Gasteiger partial charge in [0.1, 0.15) is 11.6 Å². The maximum absolute atomic E-state index is 5.69. The monoisotopic (exact) mass is 243 g/mol. The molecule has 1 aromatic rings. The Hall–Kier alpha value is -0.680. The van der Waals surface area contributed by atoms with Crippen molar-refractivity contribution in [3.63, 3.8) is 0 Å². The highest BCUT2D eigenvalue weighted by Gasteiger charge is 2.09. The van der Waals surface area contributed by atoms with Crippen molar-refractivity contribution in [3.8, 4) is 0 Å². The minimum atomic E-state index is 0.260. The van der Waals surface area contributed by atoms with Crippen LogP contribution in [0.2, 0.25) is 0 Å². The Kier molecular flexibility index (Phi) is 5.69. The van der Waals surface area contributed by atoms with E-state index in [1.807, 2.05) is 0 Å². The molecule has 0 aliphatic heterocycles. The Morgan fingerprint density at radius 1 is 1.31 bits per heavy atom. The summed E-state index contributed by atoms with van der Waals surface area (Å²) in [6.45, 7) is 10.0. The molecule has 1 atom stereocenters. The van der Waals surface area contributed by atoms with Gasteiger partial charge in [0, 0.05) is 6.54 Å². The van der Waals surface area contributed by atoms with Crippen molar-refractivity contribution < 1.29 is 4.74 Å². The van der Waals surface area contributed by atoms with Crippen molar-refractivity contribution in [1.29, 1.82) is 0 Å². The molecule has 1 rings (SSSR count). The minimum Gasteiger partial charge on any atom is -0.371 e. The fraction of sp³-hybridized carbons (Fsp3) is 0.818.